The van der Waals surface area contributed by atoms with Crippen LogP contribution in [0, 0.1) is 0 Å². The van der Waals surface area contributed by atoms with Crippen LogP contribution in [0.5, 0.6) is 0 Å². The van der Waals surface area contributed by atoms with Crippen LogP contribution in [0.15, 0.2) is 158 Å². The number of hydrogen-bond donors (Lipinski definition) is 0. The molecule has 46 heavy (non-hydrogen) atoms. The van der Waals surface area contributed by atoms with Gasteiger partial charge < -0.3 is 0 Å². The zero-order valence-electron chi connectivity index (χ0n) is 24.8. The molecule has 0 aliphatic heterocycles. The van der Waals surface area contributed by atoms with E-state index >= 15 is 0 Å². The molecule has 4 nitrogen and oxygen atoms in total. The van der Waals surface area contributed by atoms with E-state index in [2.05, 4.69) is 119 Å². The smallest absolute Gasteiger partial charge is 0.0794 e. The molecular weight excluding hydrogens is 560 g/mol. The lowest BCUT2D eigenvalue weighted by atomic mass is 9.89. The molecule has 0 amide bonds. The molecule has 4 aromatic heterocycles. The first-order valence-electron chi connectivity index (χ1n) is 15.4. The molecule has 4 heterocycles. The van der Waals surface area contributed by atoms with Crippen LogP contribution in [0.25, 0.3) is 88.1 Å². The average Bonchev–Trinajstić information content (AvgIpc) is 3.15. The molecule has 0 unspecified atom stereocenters. The second-order valence-electron chi connectivity index (χ2n) is 11.5. The van der Waals surface area contributed by atoms with E-state index < -0.39 is 0 Å². The molecule has 0 fully saturated rings. The van der Waals surface area contributed by atoms with Gasteiger partial charge in [-0.25, -0.2) is 9.97 Å². The van der Waals surface area contributed by atoms with Gasteiger partial charge in [-0.1, -0.05) is 91.0 Å². The Morgan fingerprint density at radius 1 is 0.326 bits per heavy atom. The Labute approximate surface area is 265 Å². The highest BCUT2D eigenvalue weighted by molar-refractivity contribution is 6.33. The van der Waals surface area contributed by atoms with Crippen LogP contribution in [0.1, 0.15) is 0 Å². The molecule has 5 aromatic carbocycles. The molecule has 0 saturated carbocycles. The molecule has 0 spiro atoms. The third kappa shape index (κ3) is 4.31. The average molecular weight is 587 g/mol. The highest BCUT2D eigenvalue weighted by Gasteiger charge is 2.17. The first-order chi connectivity index (χ1) is 22.8. The van der Waals surface area contributed by atoms with E-state index in [1.165, 1.54) is 37.7 Å². The van der Waals surface area contributed by atoms with Gasteiger partial charge in [0.25, 0.3) is 0 Å². The van der Waals surface area contributed by atoms with Gasteiger partial charge in [-0.15, -0.1) is 0 Å². The molecule has 214 valence electrons. The van der Waals surface area contributed by atoms with Crippen molar-refractivity contribution in [3.8, 4) is 44.9 Å². The SMILES string of the molecule is c1ccc2c(c1)nc(-c1ccc(-c3cc(-c4ccncc4)nc(-c4ccncc4)c3)cc1)c1c3ccccc3c3ccccc3c21. The summed E-state index contributed by atoms with van der Waals surface area (Å²) in [6, 6.07) is 47.0. The van der Waals surface area contributed by atoms with Crippen molar-refractivity contribution >= 4 is 43.2 Å². The molecule has 0 radical (unpaired) electrons. The van der Waals surface area contributed by atoms with Crippen molar-refractivity contribution in [2.45, 2.75) is 0 Å². The zero-order valence-corrected chi connectivity index (χ0v) is 24.8. The van der Waals surface area contributed by atoms with Gasteiger partial charge >= 0.3 is 0 Å². The van der Waals surface area contributed by atoms with Crippen molar-refractivity contribution in [1.29, 1.82) is 0 Å². The summed E-state index contributed by atoms with van der Waals surface area (Å²) in [6.07, 6.45) is 7.22. The summed E-state index contributed by atoms with van der Waals surface area (Å²) in [5, 5.41) is 8.56. The molecule has 0 aliphatic rings. The van der Waals surface area contributed by atoms with E-state index in [4.69, 9.17) is 9.97 Å². The van der Waals surface area contributed by atoms with Crippen LogP contribution in [0.3, 0.4) is 0 Å². The van der Waals surface area contributed by atoms with E-state index in [0.717, 1.165) is 50.4 Å². The highest BCUT2D eigenvalue weighted by atomic mass is 14.7. The van der Waals surface area contributed by atoms with Gasteiger partial charge in [-0.2, -0.15) is 0 Å². The number of aromatic nitrogens is 4. The Bertz CT molecular complexity index is 2500. The van der Waals surface area contributed by atoms with E-state index in [-0.39, 0.29) is 0 Å². The molecule has 4 heteroatoms. The van der Waals surface area contributed by atoms with E-state index in [1.54, 1.807) is 24.8 Å². The molecule has 9 rings (SSSR count). The maximum absolute atomic E-state index is 5.32. The van der Waals surface area contributed by atoms with Crippen LogP contribution in [0.2, 0.25) is 0 Å². The molecule has 0 saturated heterocycles. The number of nitrogens with zero attached hydrogens (tertiary/aromatic N) is 4. The summed E-state index contributed by atoms with van der Waals surface area (Å²) in [5.41, 5.74) is 9.11. The van der Waals surface area contributed by atoms with Crippen molar-refractivity contribution in [1.82, 2.24) is 19.9 Å². The molecule has 0 aliphatic carbocycles. The Morgan fingerprint density at radius 2 is 0.804 bits per heavy atom. The fourth-order valence-corrected chi connectivity index (χ4v) is 6.69. The summed E-state index contributed by atoms with van der Waals surface area (Å²) >= 11 is 0. The van der Waals surface area contributed by atoms with Crippen LogP contribution >= 0.6 is 0 Å². The largest absolute Gasteiger partial charge is 0.265 e. The second-order valence-corrected chi connectivity index (χ2v) is 11.5. The first kappa shape index (κ1) is 26.2. The summed E-state index contributed by atoms with van der Waals surface area (Å²) in [7, 11) is 0. The Kier molecular flexibility index (Phi) is 6.10. The van der Waals surface area contributed by atoms with Gasteiger partial charge in [-0.3, -0.25) is 9.97 Å². The number of fused-ring (bicyclic) bond motifs is 8. The standard InChI is InChI=1S/C42H26N4/c1-3-9-34-32(7-1)33-8-2-4-10-35(33)41-40(34)36-11-5-6-12-37(36)46-42(41)30-15-13-27(14-16-30)31-25-38(28-17-21-43-22-18-28)45-39(26-31)29-19-23-44-24-20-29/h1-26H. The predicted molar refractivity (Wildman–Crippen MR) is 189 cm³/mol. The van der Waals surface area contributed by atoms with E-state index in [9.17, 15) is 0 Å². The van der Waals surface area contributed by atoms with Gasteiger partial charge in [0, 0.05) is 57.6 Å². The minimum Gasteiger partial charge on any atom is -0.265 e. The maximum Gasteiger partial charge on any atom is 0.0794 e. The lowest BCUT2D eigenvalue weighted by Crippen LogP contribution is -1.93. The summed E-state index contributed by atoms with van der Waals surface area (Å²) < 4.78 is 0. The van der Waals surface area contributed by atoms with Crippen molar-refractivity contribution in [2.75, 3.05) is 0 Å². The third-order valence-electron chi connectivity index (χ3n) is 8.84. The lowest BCUT2D eigenvalue weighted by Gasteiger charge is -2.16. The van der Waals surface area contributed by atoms with Gasteiger partial charge in [0.15, 0.2) is 0 Å². The first-order valence-corrected chi connectivity index (χ1v) is 15.4. The van der Waals surface area contributed by atoms with E-state index in [1.807, 2.05) is 24.3 Å². The molecular formula is C42H26N4. The minimum atomic E-state index is 0.899. The molecule has 0 bridgehead atoms. The number of benzene rings is 5. The van der Waals surface area contributed by atoms with Gasteiger partial charge in [0.1, 0.15) is 0 Å². The summed E-state index contributed by atoms with van der Waals surface area (Å²) in [4.78, 5) is 18.7. The highest BCUT2D eigenvalue weighted by Crippen LogP contribution is 2.43. The van der Waals surface area contributed by atoms with Gasteiger partial charge in [-0.05, 0) is 75.1 Å². The van der Waals surface area contributed by atoms with Crippen LogP contribution in [-0.2, 0) is 0 Å². The van der Waals surface area contributed by atoms with E-state index in [0.29, 0.717) is 0 Å². The Morgan fingerprint density at radius 3 is 1.39 bits per heavy atom. The molecule has 0 N–H and O–H groups in total. The zero-order chi connectivity index (χ0) is 30.5. The fourth-order valence-electron chi connectivity index (χ4n) is 6.69. The number of rotatable bonds is 4. The lowest BCUT2D eigenvalue weighted by molar-refractivity contribution is 1.27. The normalized spacial score (nSPS) is 11.5. The van der Waals surface area contributed by atoms with Crippen LogP contribution < -0.4 is 0 Å². The fraction of sp³-hybridized carbons (Fsp3) is 0. The van der Waals surface area contributed by atoms with Crippen LogP contribution in [-0.4, -0.2) is 19.9 Å². The number of pyridine rings is 4. The van der Waals surface area contributed by atoms with Crippen LogP contribution in [0.4, 0.5) is 0 Å². The Balaban J connectivity index is 1.26. The van der Waals surface area contributed by atoms with Gasteiger partial charge in [0.05, 0.1) is 22.6 Å². The molecule has 0 atom stereocenters. The monoisotopic (exact) mass is 586 g/mol. The van der Waals surface area contributed by atoms with Gasteiger partial charge in [0.2, 0.25) is 0 Å². The van der Waals surface area contributed by atoms with Crippen molar-refractivity contribution in [2.24, 2.45) is 0 Å². The minimum absolute atomic E-state index is 0.899. The second kappa shape index (κ2) is 10.7. The number of hydrogen-bond acceptors (Lipinski definition) is 4. The quantitative estimate of drug-likeness (QED) is 0.193. The third-order valence-corrected chi connectivity index (χ3v) is 8.84. The van der Waals surface area contributed by atoms with Crippen molar-refractivity contribution in [3.05, 3.63) is 158 Å². The molecule has 9 aromatic rings. The summed E-state index contributed by atoms with van der Waals surface area (Å²) in [6.45, 7) is 0. The number of para-hydroxylation sites is 1. The maximum atomic E-state index is 5.32. The van der Waals surface area contributed by atoms with Crippen molar-refractivity contribution in [3.63, 3.8) is 0 Å². The Hall–Kier alpha value is -6.26. The summed E-state index contributed by atoms with van der Waals surface area (Å²) in [5.74, 6) is 0. The van der Waals surface area contributed by atoms with Crippen molar-refractivity contribution < 1.29 is 0 Å². The topological polar surface area (TPSA) is 51.6 Å². The predicted octanol–water partition coefficient (Wildman–Crippen LogP) is 10.5.